The van der Waals surface area contributed by atoms with Crippen LogP contribution in [0.1, 0.15) is 30.1 Å². The highest BCUT2D eigenvalue weighted by atomic mass is 79.9. The van der Waals surface area contributed by atoms with Crippen LogP contribution in [0.25, 0.3) is 0 Å². The maximum absolute atomic E-state index is 12.3. The molecule has 21 heavy (non-hydrogen) atoms. The van der Waals surface area contributed by atoms with E-state index in [1.807, 2.05) is 13.0 Å². The number of halogens is 1. The molecule has 1 saturated heterocycles. The molecular weight excluding hydrogens is 334 g/mol. The maximum atomic E-state index is 12.3. The summed E-state index contributed by atoms with van der Waals surface area (Å²) in [6, 6.07) is 5.41. The number of carbonyl (C=O) groups is 1. The van der Waals surface area contributed by atoms with Crippen LogP contribution < -0.4 is 4.74 Å². The van der Waals surface area contributed by atoms with Gasteiger partial charge < -0.3 is 9.84 Å². The first-order chi connectivity index (χ1) is 10.0. The van der Waals surface area contributed by atoms with Gasteiger partial charge in [0.25, 0.3) is 0 Å². The molecule has 1 aliphatic rings. The Balaban J connectivity index is 1.92. The summed E-state index contributed by atoms with van der Waals surface area (Å²) >= 11 is 3.41. The van der Waals surface area contributed by atoms with Gasteiger partial charge in [-0.25, -0.2) is 0 Å². The number of ether oxygens (including phenoxy) is 1. The largest absolute Gasteiger partial charge is 0.496 e. The molecule has 2 rings (SSSR count). The molecule has 1 aliphatic heterocycles. The fraction of sp³-hybridized carbons (Fsp3) is 0.562. The van der Waals surface area contributed by atoms with Gasteiger partial charge in [0.1, 0.15) is 5.75 Å². The van der Waals surface area contributed by atoms with E-state index >= 15 is 0 Å². The molecule has 1 fully saturated rings. The van der Waals surface area contributed by atoms with Crippen LogP contribution in [0.5, 0.6) is 5.75 Å². The number of hydrogen-bond donors (Lipinski definition) is 1. The van der Waals surface area contributed by atoms with E-state index in [4.69, 9.17) is 4.74 Å². The number of nitrogens with zero attached hydrogens (tertiary/aromatic N) is 1. The zero-order valence-electron chi connectivity index (χ0n) is 12.5. The van der Waals surface area contributed by atoms with Gasteiger partial charge in [-0.3, -0.25) is 9.69 Å². The minimum absolute atomic E-state index is 0.119. The molecular formula is C16H22BrNO3. The second-order valence-corrected chi connectivity index (χ2v) is 6.48. The number of Topliss-reactive ketones (excluding diaryl/α,β-unsaturated/α-hetero) is 1. The molecule has 0 radical (unpaired) electrons. The molecule has 1 unspecified atom stereocenters. The molecule has 1 aromatic rings. The average Bonchev–Trinajstić information content (AvgIpc) is 2.47. The summed E-state index contributed by atoms with van der Waals surface area (Å²) in [6.07, 6.45) is 1.66. The third-order valence-corrected chi connectivity index (χ3v) is 4.78. The van der Waals surface area contributed by atoms with Crippen molar-refractivity contribution in [2.75, 3.05) is 26.7 Å². The Labute approximate surface area is 134 Å². The first kappa shape index (κ1) is 16.5. The van der Waals surface area contributed by atoms with Crippen LogP contribution in [0.2, 0.25) is 0 Å². The van der Waals surface area contributed by atoms with Crippen molar-refractivity contribution < 1.29 is 14.6 Å². The van der Waals surface area contributed by atoms with E-state index in [1.165, 1.54) is 0 Å². The monoisotopic (exact) mass is 355 g/mol. The number of rotatable bonds is 5. The molecule has 1 atom stereocenters. The van der Waals surface area contributed by atoms with Crippen LogP contribution in [-0.2, 0) is 0 Å². The lowest BCUT2D eigenvalue weighted by Gasteiger charge is -2.32. The fourth-order valence-electron chi connectivity index (χ4n) is 2.73. The Hall–Kier alpha value is -0.910. The summed E-state index contributed by atoms with van der Waals surface area (Å²) in [5.41, 5.74) is 0.695. The summed E-state index contributed by atoms with van der Waals surface area (Å²) in [4.78, 5) is 14.5. The van der Waals surface area contributed by atoms with Crippen molar-refractivity contribution in [2.24, 2.45) is 5.92 Å². The summed E-state index contributed by atoms with van der Waals surface area (Å²) in [7, 11) is 1.61. The van der Waals surface area contributed by atoms with Crippen molar-refractivity contribution in [3.63, 3.8) is 0 Å². The van der Waals surface area contributed by atoms with E-state index in [1.54, 1.807) is 19.2 Å². The van der Waals surface area contributed by atoms with Crippen molar-refractivity contribution in [1.29, 1.82) is 0 Å². The number of piperidine rings is 1. The number of carbonyl (C=O) groups excluding carboxylic acids is 1. The Morgan fingerprint density at radius 3 is 2.67 bits per heavy atom. The van der Waals surface area contributed by atoms with Gasteiger partial charge in [-0.1, -0.05) is 0 Å². The van der Waals surface area contributed by atoms with Gasteiger partial charge in [0.05, 0.1) is 24.2 Å². The minimum Gasteiger partial charge on any atom is -0.496 e. The predicted molar refractivity (Wildman–Crippen MR) is 85.9 cm³/mol. The molecule has 1 aromatic carbocycles. The summed E-state index contributed by atoms with van der Waals surface area (Å²) in [5.74, 6) is 1.21. The van der Waals surface area contributed by atoms with Crippen LogP contribution >= 0.6 is 15.9 Å². The molecule has 5 heteroatoms. The van der Waals surface area contributed by atoms with Gasteiger partial charge in [-0.15, -0.1) is 0 Å². The van der Waals surface area contributed by atoms with Crippen LogP contribution in [-0.4, -0.2) is 48.6 Å². The van der Waals surface area contributed by atoms with E-state index in [9.17, 15) is 9.90 Å². The number of methoxy groups -OCH3 is 1. The van der Waals surface area contributed by atoms with Gasteiger partial charge >= 0.3 is 0 Å². The highest BCUT2D eigenvalue weighted by molar-refractivity contribution is 9.10. The second kappa shape index (κ2) is 7.38. The average molecular weight is 356 g/mol. The fourth-order valence-corrected chi connectivity index (χ4v) is 3.27. The van der Waals surface area contributed by atoms with Crippen LogP contribution in [0, 0.1) is 5.92 Å². The zero-order valence-corrected chi connectivity index (χ0v) is 14.1. The highest BCUT2D eigenvalue weighted by Gasteiger charge is 2.24. The van der Waals surface area contributed by atoms with Crippen molar-refractivity contribution in [3.05, 3.63) is 28.2 Å². The maximum Gasteiger partial charge on any atom is 0.176 e. The molecule has 4 nitrogen and oxygen atoms in total. The van der Waals surface area contributed by atoms with Crippen LogP contribution in [0.4, 0.5) is 0 Å². The van der Waals surface area contributed by atoms with Crippen LogP contribution in [0.3, 0.4) is 0 Å². The number of aliphatic hydroxyl groups excluding tert-OH is 1. The summed E-state index contributed by atoms with van der Waals surface area (Å²) < 4.78 is 5.97. The van der Waals surface area contributed by atoms with Crippen LogP contribution in [0.15, 0.2) is 22.7 Å². The van der Waals surface area contributed by atoms with Gasteiger partial charge in [-0.05, 0) is 72.9 Å². The Bertz CT molecular complexity index is 496. The van der Waals surface area contributed by atoms with Crippen molar-refractivity contribution >= 4 is 21.7 Å². The molecule has 0 aliphatic carbocycles. The minimum atomic E-state index is -0.250. The normalized spacial score (nSPS) is 18.5. The van der Waals surface area contributed by atoms with Gasteiger partial charge in [0.2, 0.25) is 0 Å². The number of benzene rings is 1. The zero-order chi connectivity index (χ0) is 15.4. The van der Waals surface area contributed by atoms with E-state index in [0.717, 1.165) is 36.2 Å². The summed E-state index contributed by atoms with van der Waals surface area (Å²) in [6.45, 7) is 4.03. The highest BCUT2D eigenvalue weighted by Crippen LogP contribution is 2.26. The van der Waals surface area contributed by atoms with Crippen molar-refractivity contribution in [2.45, 2.75) is 25.9 Å². The van der Waals surface area contributed by atoms with Crippen molar-refractivity contribution in [3.8, 4) is 5.75 Å². The Kier molecular flexibility index (Phi) is 5.79. The molecule has 0 bridgehead atoms. The molecule has 116 valence electrons. The summed E-state index contributed by atoms with van der Waals surface area (Å²) in [5, 5.41) is 9.60. The number of hydrogen-bond acceptors (Lipinski definition) is 4. The molecule has 1 N–H and O–H groups in total. The molecule has 0 aromatic heterocycles. The topological polar surface area (TPSA) is 49.8 Å². The first-order valence-electron chi connectivity index (χ1n) is 7.28. The lowest BCUT2D eigenvalue weighted by molar-refractivity contribution is 0.0664. The molecule has 0 amide bonds. The second-order valence-electron chi connectivity index (χ2n) is 5.63. The van der Waals surface area contributed by atoms with E-state index < -0.39 is 0 Å². The molecule has 0 saturated carbocycles. The van der Waals surface area contributed by atoms with Gasteiger partial charge in [0.15, 0.2) is 5.78 Å². The Morgan fingerprint density at radius 2 is 2.14 bits per heavy atom. The smallest absolute Gasteiger partial charge is 0.176 e. The predicted octanol–water partition coefficient (Wildman–Crippen LogP) is 2.73. The van der Waals surface area contributed by atoms with E-state index in [0.29, 0.717) is 18.0 Å². The number of aliphatic hydroxyl groups is 1. The third kappa shape index (κ3) is 4.28. The quantitative estimate of drug-likeness (QED) is 0.825. The standard InChI is InChI=1S/C16H22BrNO3/c1-11(19)12-5-7-18(8-6-12)10-15(20)13-3-4-16(21-2)14(17)9-13/h3-4,9,11-12,19H,5-8,10H2,1-2H3. The number of likely N-dealkylation sites (tertiary alicyclic amines) is 1. The molecule has 0 spiro atoms. The molecule has 1 heterocycles. The van der Waals surface area contributed by atoms with Gasteiger partial charge in [-0.2, -0.15) is 0 Å². The Morgan fingerprint density at radius 1 is 1.48 bits per heavy atom. The number of ketones is 1. The van der Waals surface area contributed by atoms with Gasteiger partial charge in [0, 0.05) is 5.56 Å². The lowest BCUT2D eigenvalue weighted by Crippen LogP contribution is -2.39. The van der Waals surface area contributed by atoms with E-state index in [-0.39, 0.29) is 11.9 Å². The van der Waals surface area contributed by atoms with Crippen molar-refractivity contribution in [1.82, 2.24) is 4.90 Å². The SMILES string of the molecule is COc1ccc(C(=O)CN2CCC(C(C)O)CC2)cc1Br. The van der Waals surface area contributed by atoms with E-state index in [2.05, 4.69) is 20.8 Å². The first-order valence-corrected chi connectivity index (χ1v) is 8.07. The lowest BCUT2D eigenvalue weighted by atomic mass is 9.92. The third-order valence-electron chi connectivity index (χ3n) is 4.16.